The summed E-state index contributed by atoms with van der Waals surface area (Å²) in [5.74, 6) is -0.341. The maximum Gasteiger partial charge on any atom is 0.324 e. The summed E-state index contributed by atoms with van der Waals surface area (Å²) in [4.78, 5) is 49.9. The van der Waals surface area contributed by atoms with Gasteiger partial charge in [-0.3, -0.25) is 19.5 Å². The van der Waals surface area contributed by atoms with Crippen molar-refractivity contribution in [3.8, 4) is 11.4 Å². The number of imide groups is 1. The van der Waals surface area contributed by atoms with Crippen molar-refractivity contribution in [1.29, 1.82) is 0 Å². The second-order valence-corrected chi connectivity index (χ2v) is 7.96. The minimum atomic E-state index is -0.901. The summed E-state index contributed by atoms with van der Waals surface area (Å²) in [5.41, 5.74) is 1.71. The first-order valence-electron chi connectivity index (χ1n) is 10.2. The number of amides is 4. The van der Waals surface area contributed by atoms with Gasteiger partial charge in [0.15, 0.2) is 0 Å². The van der Waals surface area contributed by atoms with E-state index in [1.807, 2.05) is 42.5 Å². The molecule has 156 valence electrons. The summed E-state index contributed by atoms with van der Waals surface area (Å²) in [7, 11) is 1.48. The molecule has 0 unspecified atom stereocenters. The molecule has 2 aliphatic rings. The number of urea groups is 1. The van der Waals surface area contributed by atoms with Crippen LogP contribution in [0, 0.1) is 0 Å². The number of fused-ring (bicyclic) bond motifs is 1. The van der Waals surface area contributed by atoms with E-state index in [1.54, 1.807) is 17.2 Å². The molecule has 0 bridgehead atoms. The van der Waals surface area contributed by atoms with E-state index in [4.69, 9.17) is 0 Å². The number of carbonyl (C=O) groups is 3. The van der Waals surface area contributed by atoms with Crippen LogP contribution in [0.1, 0.15) is 23.2 Å². The number of rotatable bonds is 2. The molecule has 0 aliphatic carbocycles. The molecule has 5 rings (SSSR count). The molecule has 0 atom stereocenters. The number of benzene rings is 1. The minimum Gasteiger partial charge on any atom is -0.338 e. The smallest absolute Gasteiger partial charge is 0.324 e. The van der Waals surface area contributed by atoms with Gasteiger partial charge in [0, 0.05) is 31.7 Å². The van der Waals surface area contributed by atoms with Gasteiger partial charge in [0.05, 0.1) is 22.5 Å². The Morgan fingerprint density at radius 3 is 2.45 bits per heavy atom. The van der Waals surface area contributed by atoms with Crippen molar-refractivity contribution in [2.24, 2.45) is 0 Å². The van der Waals surface area contributed by atoms with Gasteiger partial charge in [0.2, 0.25) is 0 Å². The average molecular weight is 415 g/mol. The van der Waals surface area contributed by atoms with E-state index in [0.717, 1.165) is 15.8 Å². The first kappa shape index (κ1) is 19.2. The van der Waals surface area contributed by atoms with Gasteiger partial charge in [-0.1, -0.05) is 24.3 Å². The highest BCUT2D eigenvalue weighted by molar-refractivity contribution is 6.08. The van der Waals surface area contributed by atoms with Crippen molar-refractivity contribution in [2.75, 3.05) is 20.1 Å². The first-order chi connectivity index (χ1) is 15.0. The fourth-order valence-electron chi connectivity index (χ4n) is 4.35. The van der Waals surface area contributed by atoms with E-state index in [2.05, 4.69) is 15.3 Å². The largest absolute Gasteiger partial charge is 0.338 e. The summed E-state index contributed by atoms with van der Waals surface area (Å²) in [6.07, 6.45) is 2.48. The number of piperidine rings is 1. The summed E-state index contributed by atoms with van der Waals surface area (Å²) < 4.78 is 0. The van der Waals surface area contributed by atoms with E-state index in [0.29, 0.717) is 42.9 Å². The Labute approximate surface area is 178 Å². The van der Waals surface area contributed by atoms with Gasteiger partial charge >= 0.3 is 6.03 Å². The van der Waals surface area contributed by atoms with Gasteiger partial charge < -0.3 is 10.2 Å². The van der Waals surface area contributed by atoms with Gasteiger partial charge in [-0.05, 0) is 37.1 Å². The van der Waals surface area contributed by atoms with E-state index in [1.165, 1.54) is 7.05 Å². The molecular formula is C23H21N5O3. The molecule has 1 spiro atoms. The third-order valence-electron chi connectivity index (χ3n) is 6.14. The lowest BCUT2D eigenvalue weighted by Gasteiger charge is -2.37. The van der Waals surface area contributed by atoms with Crippen LogP contribution in [0.4, 0.5) is 4.79 Å². The highest BCUT2D eigenvalue weighted by atomic mass is 16.2. The standard InChI is InChI=1S/C23H21N5O3/c1-27-21(30)23(26-22(27)31)9-12-28(13-10-23)20(29)16-14-19(18-8-4-5-11-24-18)25-17-7-3-2-6-15(16)17/h2-8,11,14H,9-10,12-13H2,1H3,(H,26,31). The topological polar surface area (TPSA) is 95.5 Å². The van der Waals surface area contributed by atoms with Crippen molar-refractivity contribution in [3.05, 3.63) is 60.3 Å². The third-order valence-corrected chi connectivity index (χ3v) is 6.14. The van der Waals surface area contributed by atoms with Crippen LogP contribution >= 0.6 is 0 Å². The normalized spacial score (nSPS) is 18.0. The van der Waals surface area contributed by atoms with Gasteiger partial charge in [-0.25, -0.2) is 9.78 Å². The average Bonchev–Trinajstić information content (AvgIpc) is 3.02. The number of likely N-dealkylation sites (tertiary alicyclic amines) is 1. The van der Waals surface area contributed by atoms with Crippen molar-refractivity contribution in [2.45, 2.75) is 18.4 Å². The number of pyridine rings is 2. The summed E-state index contributed by atoms with van der Waals surface area (Å²) in [5, 5.41) is 3.58. The molecule has 8 nitrogen and oxygen atoms in total. The molecule has 1 aromatic carbocycles. The molecule has 2 aromatic heterocycles. The lowest BCUT2D eigenvalue weighted by molar-refractivity contribution is -0.131. The zero-order chi connectivity index (χ0) is 21.6. The van der Waals surface area contributed by atoms with Gasteiger partial charge in [0.1, 0.15) is 5.54 Å². The zero-order valence-corrected chi connectivity index (χ0v) is 17.0. The maximum absolute atomic E-state index is 13.5. The fourth-order valence-corrected chi connectivity index (χ4v) is 4.35. The molecule has 4 heterocycles. The van der Waals surface area contributed by atoms with Crippen LogP contribution in [0.2, 0.25) is 0 Å². The summed E-state index contributed by atoms with van der Waals surface area (Å²) in [6, 6.07) is 14.5. The Bertz CT molecular complexity index is 1200. The monoisotopic (exact) mass is 415 g/mol. The molecule has 3 aromatic rings. The number of nitrogens with one attached hydrogen (secondary N) is 1. The van der Waals surface area contributed by atoms with Crippen LogP contribution in [0.3, 0.4) is 0 Å². The van der Waals surface area contributed by atoms with Crippen molar-refractivity contribution >= 4 is 28.7 Å². The van der Waals surface area contributed by atoms with Crippen LogP contribution in [0.25, 0.3) is 22.3 Å². The summed E-state index contributed by atoms with van der Waals surface area (Å²) >= 11 is 0. The van der Waals surface area contributed by atoms with E-state index in [-0.39, 0.29) is 17.8 Å². The van der Waals surface area contributed by atoms with E-state index < -0.39 is 5.54 Å². The van der Waals surface area contributed by atoms with E-state index in [9.17, 15) is 14.4 Å². The van der Waals surface area contributed by atoms with Gasteiger partial charge in [0.25, 0.3) is 11.8 Å². The van der Waals surface area contributed by atoms with Crippen molar-refractivity contribution < 1.29 is 14.4 Å². The van der Waals surface area contributed by atoms with Gasteiger partial charge in [-0.2, -0.15) is 0 Å². The highest BCUT2D eigenvalue weighted by Gasteiger charge is 2.51. The number of nitrogens with zero attached hydrogens (tertiary/aromatic N) is 4. The Morgan fingerprint density at radius 1 is 1.03 bits per heavy atom. The Kier molecular flexibility index (Phi) is 4.43. The zero-order valence-electron chi connectivity index (χ0n) is 17.0. The van der Waals surface area contributed by atoms with Crippen LogP contribution < -0.4 is 5.32 Å². The first-order valence-corrected chi connectivity index (χ1v) is 10.2. The SMILES string of the molecule is CN1C(=O)NC2(CCN(C(=O)c3cc(-c4ccccn4)nc4ccccc34)CC2)C1=O. The Hall–Kier alpha value is -3.81. The van der Waals surface area contributed by atoms with Crippen molar-refractivity contribution in [1.82, 2.24) is 25.1 Å². The number of carbonyl (C=O) groups excluding carboxylic acids is 3. The van der Waals surface area contributed by atoms with Crippen LogP contribution in [0.15, 0.2) is 54.7 Å². The lowest BCUT2D eigenvalue weighted by Crippen LogP contribution is -2.55. The minimum absolute atomic E-state index is 0.115. The molecule has 1 N–H and O–H groups in total. The Balaban J connectivity index is 1.47. The molecule has 2 saturated heterocycles. The molecular weight excluding hydrogens is 394 g/mol. The number of hydrogen-bond donors (Lipinski definition) is 1. The molecule has 4 amide bonds. The predicted molar refractivity (Wildman–Crippen MR) is 114 cm³/mol. The second kappa shape index (κ2) is 7.16. The molecule has 31 heavy (non-hydrogen) atoms. The van der Waals surface area contributed by atoms with Gasteiger partial charge in [-0.15, -0.1) is 0 Å². The Morgan fingerprint density at radius 2 is 1.77 bits per heavy atom. The molecule has 0 saturated carbocycles. The lowest BCUT2D eigenvalue weighted by atomic mass is 9.87. The number of hydrogen-bond acceptors (Lipinski definition) is 5. The highest BCUT2D eigenvalue weighted by Crippen LogP contribution is 2.31. The third kappa shape index (κ3) is 3.11. The molecule has 2 aliphatic heterocycles. The van der Waals surface area contributed by atoms with Crippen LogP contribution in [0.5, 0.6) is 0 Å². The predicted octanol–water partition coefficient (Wildman–Crippen LogP) is 2.45. The second-order valence-electron chi connectivity index (χ2n) is 7.96. The van der Waals surface area contributed by atoms with Crippen LogP contribution in [-0.4, -0.2) is 63.3 Å². The molecule has 8 heteroatoms. The molecule has 2 fully saturated rings. The number of likely N-dealkylation sites (N-methyl/N-ethyl adjacent to an activating group) is 1. The molecule has 0 radical (unpaired) electrons. The van der Waals surface area contributed by atoms with Crippen LogP contribution in [-0.2, 0) is 4.79 Å². The van der Waals surface area contributed by atoms with Crippen molar-refractivity contribution in [3.63, 3.8) is 0 Å². The number of aromatic nitrogens is 2. The fraction of sp³-hybridized carbons (Fsp3) is 0.261. The van der Waals surface area contributed by atoms with E-state index >= 15 is 0 Å². The number of para-hydroxylation sites is 1. The quantitative estimate of drug-likeness (QED) is 0.649. The summed E-state index contributed by atoms with van der Waals surface area (Å²) in [6.45, 7) is 0.766. The maximum atomic E-state index is 13.5.